The van der Waals surface area contributed by atoms with Crippen molar-refractivity contribution in [2.45, 2.75) is 64.1 Å². The van der Waals surface area contributed by atoms with E-state index in [9.17, 15) is 9.90 Å². The van der Waals surface area contributed by atoms with E-state index in [4.69, 9.17) is 18.9 Å². The molecule has 6 nitrogen and oxygen atoms in total. The van der Waals surface area contributed by atoms with E-state index in [0.717, 1.165) is 12.8 Å². The maximum Gasteiger partial charge on any atom is 0.342 e. The van der Waals surface area contributed by atoms with Gasteiger partial charge in [0, 0.05) is 12.5 Å². The number of phenolic OH excluding ortho intramolecular Hbond substituents is 1. The van der Waals surface area contributed by atoms with Crippen molar-refractivity contribution in [1.29, 1.82) is 0 Å². The number of esters is 1. The summed E-state index contributed by atoms with van der Waals surface area (Å²) in [5, 5.41) is 10.3. The molecule has 28 heavy (non-hydrogen) atoms. The molecule has 0 aromatic heterocycles. The number of aromatic hydroxyl groups is 1. The molecule has 6 heteroatoms. The monoisotopic (exact) mass is 388 g/mol. The standard InChI is InChI=1S/C22H28O6/c1-14-8-7-11-19-18(27-22(2,3)28-19)10-6-5-9-15-12-16(25-4)13-17(23)20(15)21(24)26-14/h5,7,9,11-14,18-19,23H,6,8,10H2,1-4H3/b9-5-,11-7-/t14-,18-,19-/m0/s1. The molecule has 3 rings (SSSR count). The first-order valence-electron chi connectivity index (χ1n) is 9.60. The summed E-state index contributed by atoms with van der Waals surface area (Å²) >= 11 is 0. The number of ether oxygens (including phenoxy) is 4. The number of rotatable bonds is 1. The minimum Gasteiger partial charge on any atom is -0.507 e. The number of benzene rings is 1. The lowest BCUT2D eigenvalue weighted by Gasteiger charge is -2.16. The summed E-state index contributed by atoms with van der Waals surface area (Å²) in [7, 11) is 1.51. The fourth-order valence-corrected chi connectivity index (χ4v) is 3.51. The van der Waals surface area contributed by atoms with E-state index in [1.807, 2.05) is 39.0 Å². The molecule has 0 amide bonds. The maximum absolute atomic E-state index is 12.6. The summed E-state index contributed by atoms with van der Waals surface area (Å²) in [6.45, 7) is 5.64. The minimum absolute atomic E-state index is 0.0464. The van der Waals surface area contributed by atoms with Gasteiger partial charge in [-0.3, -0.25) is 0 Å². The van der Waals surface area contributed by atoms with Crippen molar-refractivity contribution in [2.75, 3.05) is 7.11 Å². The highest BCUT2D eigenvalue weighted by molar-refractivity contribution is 5.97. The molecule has 1 saturated heterocycles. The Bertz CT molecular complexity index is 779. The van der Waals surface area contributed by atoms with Crippen LogP contribution in [-0.2, 0) is 14.2 Å². The van der Waals surface area contributed by atoms with E-state index in [-0.39, 0.29) is 29.6 Å². The fourth-order valence-electron chi connectivity index (χ4n) is 3.51. The van der Waals surface area contributed by atoms with Crippen LogP contribution in [0, 0.1) is 0 Å². The molecule has 1 fully saturated rings. The predicted molar refractivity (Wildman–Crippen MR) is 105 cm³/mol. The number of cyclic esters (lactones) is 1. The van der Waals surface area contributed by atoms with Crippen molar-refractivity contribution < 1.29 is 28.8 Å². The molecule has 1 aromatic rings. The zero-order valence-corrected chi connectivity index (χ0v) is 16.8. The molecule has 0 spiro atoms. The third-order valence-corrected chi connectivity index (χ3v) is 4.80. The Morgan fingerprint density at radius 2 is 2.00 bits per heavy atom. The second-order valence-corrected chi connectivity index (χ2v) is 7.61. The summed E-state index contributed by atoms with van der Waals surface area (Å²) in [5.74, 6) is -0.869. The van der Waals surface area contributed by atoms with Crippen LogP contribution in [0.3, 0.4) is 0 Å². The first-order valence-corrected chi connectivity index (χ1v) is 9.60. The molecule has 152 valence electrons. The van der Waals surface area contributed by atoms with E-state index in [1.165, 1.54) is 13.2 Å². The molecule has 1 aromatic carbocycles. The average molecular weight is 388 g/mol. The lowest BCUT2D eigenvalue weighted by Crippen LogP contribution is -2.21. The number of carbonyl (C=O) groups excluding carboxylic acids is 1. The summed E-state index contributed by atoms with van der Waals surface area (Å²) in [4.78, 5) is 12.6. The van der Waals surface area contributed by atoms with E-state index < -0.39 is 11.8 Å². The van der Waals surface area contributed by atoms with Crippen LogP contribution in [0.5, 0.6) is 11.5 Å². The first kappa shape index (κ1) is 20.4. The van der Waals surface area contributed by atoms with Crippen LogP contribution in [0.1, 0.15) is 56.0 Å². The van der Waals surface area contributed by atoms with E-state index in [1.54, 1.807) is 12.1 Å². The van der Waals surface area contributed by atoms with Crippen LogP contribution < -0.4 is 4.74 Å². The van der Waals surface area contributed by atoms with Gasteiger partial charge < -0.3 is 24.1 Å². The van der Waals surface area contributed by atoms with Gasteiger partial charge in [0.1, 0.15) is 29.3 Å². The van der Waals surface area contributed by atoms with Gasteiger partial charge in [-0.15, -0.1) is 0 Å². The van der Waals surface area contributed by atoms with Gasteiger partial charge in [-0.2, -0.15) is 0 Å². The topological polar surface area (TPSA) is 74.2 Å². The Hall–Kier alpha value is -2.31. The molecular weight excluding hydrogens is 360 g/mol. The fraction of sp³-hybridized carbons (Fsp3) is 0.500. The highest BCUT2D eigenvalue weighted by atomic mass is 16.7. The van der Waals surface area contributed by atoms with Crippen LogP contribution in [0.25, 0.3) is 6.08 Å². The highest BCUT2D eigenvalue weighted by Crippen LogP contribution is 2.33. The van der Waals surface area contributed by atoms with Crippen molar-refractivity contribution in [3.63, 3.8) is 0 Å². The zero-order valence-electron chi connectivity index (χ0n) is 16.8. The van der Waals surface area contributed by atoms with E-state index in [0.29, 0.717) is 17.7 Å². The van der Waals surface area contributed by atoms with Gasteiger partial charge >= 0.3 is 5.97 Å². The molecular formula is C22H28O6. The molecule has 1 N–H and O–H groups in total. The third kappa shape index (κ3) is 4.75. The van der Waals surface area contributed by atoms with E-state index >= 15 is 0 Å². The number of hydrogen-bond acceptors (Lipinski definition) is 6. The Kier molecular flexibility index (Phi) is 6.10. The molecule has 0 unspecified atom stereocenters. The second kappa shape index (κ2) is 8.37. The van der Waals surface area contributed by atoms with Gasteiger partial charge in [0.05, 0.1) is 13.2 Å². The number of carbonyl (C=O) groups is 1. The Labute approximate surface area is 165 Å². The number of phenols is 1. The first-order chi connectivity index (χ1) is 13.3. The lowest BCUT2D eigenvalue weighted by molar-refractivity contribution is -0.143. The van der Waals surface area contributed by atoms with Gasteiger partial charge in [-0.05, 0) is 45.2 Å². The van der Waals surface area contributed by atoms with Crippen LogP contribution in [-0.4, -0.2) is 42.3 Å². The zero-order chi connectivity index (χ0) is 20.3. The lowest BCUT2D eigenvalue weighted by atomic mass is 10.0. The molecule has 3 atom stereocenters. The quantitative estimate of drug-likeness (QED) is 0.574. The Morgan fingerprint density at radius 1 is 1.21 bits per heavy atom. The van der Waals surface area contributed by atoms with Gasteiger partial charge in [-0.25, -0.2) is 4.79 Å². The summed E-state index contributed by atoms with van der Waals surface area (Å²) in [6.07, 6.45) is 9.22. The van der Waals surface area contributed by atoms with Crippen LogP contribution in [0.15, 0.2) is 30.4 Å². The van der Waals surface area contributed by atoms with Gasteiger partial charge in [0.25, 0.3) is 0 Å². The summed E-state index contributed by atoms with van der Waals surface area (Å²) in [5.41, 5.74) is 0.700. The molecule has 2 aliphatic heterocycles. The van der Waals surface area contributed by atoms with E-state index in [2.05, 4.69) is 0 Å². The van der Waals surface area contributed by atoms with Crippen molar-refractivity contribution in [2.24, 2.45) is 0 Å². The molecule has 0 bridgehead atoms. The smallest absolute Gasteiger partial charge is 0.342 e. The second-order valence-electron chi connectivity index (χ2n) is 7.61. The van der Waals surface area contributed by atoms with Crippen molar-refractivity contribution in [3.05, 3.63) is 41.5 Å². The van der Waals surface area contributed by atoms with Crippen molar-refractivity contribution in [1.82, 2.24) is 0 Å². The molecule has 0 radical (unpaired) electrons. The minimum atomic E-state index is -0.624. The third-order valence-electron chi connectivity index (χ3n) is 4.80. The van der Waals surface area contributed by atoms with Gasteiger partial charge in [0.15, 0.2) is 5.79 Å². The molecule has 2 heterocycles. The van der Waals surface area contributed by atoms with Crippen LogP contribution >= 0.6 is 0 Å². The number of allylic oxidation sites excluding steroid dienone is 1. The predicted octanol–water partition coefficient (Wildman–Crippen LogP) is 4.22. The average Bonchev–Trinajstić information content (AvgIpc) is 2.91. The Morgan fingerprint density at radius 3 is 2.75 bits per heavy atom. The SMILES string of the molecule is COc1cc(O)c2c(c1)/C=C\CC[C@@H]1OC(C)(C)O[C@H]1/C=C\C[C@H](C)OC2=O. The Balaban J connectivity index is 1.92. The molecule has 0 saturated carbocycles. The summed E-state index contributed by atoms with van der Waals surface area (Å²) in [6, 6.07) is 3.13. The van der Waals surface area contributed by atoms with Gasteiger partial charge in [-0.1, -0.05) is 24.3 Å². The van der Waals surface area contributed by atoms with Crippen molar-refractivity contribution in [3.8, 4) is 11.5 Å². The molecule has 2 aliphatic rings. The number of methoxy groups -OCH3 is 1. The largest absolute Gasteiger partial charge is 0.507 e. The highest BCUT2D eigenvalue weighted by Gasteiger charge is 2.39. The van der Waals surface area contributed by atoms with Crippen LogP contribution in [0.2, 0.25) is 0 Å². The maximum atomic E-state index is 12.6. The normalized spacial score (nSPS) is 29.7. The van der Waals surface area contributed by atoms with Crippen LogP contribution in [0.4, 0.5) is 0 Å². The summed E-state index contributed by atoms with van der Waals surface area (Å²) < 4.78 is 22.8. The number of hydrogen-bond donors (Lipinski definition) is 1. The van der Waals surface area contributed by atoms with Gasteiger partial charge in [0.2, 0.25) is 0 Å². The molecule has 0 aliphatic carbocycles. The van der Waals surface area contributed by atoms with Crippen molar-refractivity contribution >= 4 is 12.0 Å². The number of fused-ring (bicyclic) bond motifs is 2.